The number of anilines is 1. The predicted octanol–water partition coefficient (Wildman–Crippen LogP) is 5.18. The van der Waals surface area contributed by atoms with Gasteiger partial charge in [-0.05, 0) is 61.7 Å². The van der Waals surface area contributed by atoms with Gasteiger partial charge in [-0.25, -0.2) is 4.98 Å². The molecule has 5 rings (SSSR count). The molecule has 2 aromatic carbocycles. The molecular weight excluding hydrogens is 408 g/mol. The second kappa shape index (κ2) is 8.66. The minimum absolute atomic E-state index is 0.0683. The summed E-state index contributed by atoms with van der Waals surface area (Å²) in [6.45, 7) is 9.41. The van der Waals surface area contributed by atoms with E-state index in [4.69, 9.17) is 4.98 Å². The Labute approximate surface area is 194 Å². The van der Waals surface area contributed by atoms with Crippen molar-refractivity contribution in [2.45, 2.75) is 20.8 Å². The standard InChI is InChI=1S/C28H28N4O/c1-19-7-5-11-26(21(19)3)31-13-15-32(16-14-31)28(33)24-17-25(22-9-6-12-29-18-22)30-27-20(2)8-4-10-23(24)27/h4-12,17-18H,13-16H2,1-3H3. The number of hydrogen-bond donors (Lipinski definition) is 0. The van der Waals surface area contributed by atoms with Crippen LogP contribution in [0.1, 0.15) is 27.0 Å². The summed E-state index contributed by atoms with van der Waals surface area (Å²) in [6, 6.07) is 18.3. The molecule has 0 bridgehead atoms. The number of hydrogen-bond acceptors (Lipinski definition) is 4. The molecule has 1 aliphatic rings. The molecule has 0 unspecified atom stereocenters. The molecule has 0 spiro atoms. The second-order valence-electron chi connectivity index (χ2n) is 8.77. The van der Waals surface area contributed by atoms with Gasteiger partial charge in [-0.15, -0.1) is 0 Å². The molecule has 0 saturated carbocycles. The lowest BCUT2D eigenvalue weighted by Crippen LogP contribution is -2.49. The van der Waals surface area contributed by atoms with E-state index in [9.17, 15) is 4.79 Å². The number of carbonyl (C=O) groups excluding carboxylic acids is 1. The summed E-state index contributed by atoms with van der Waals surface area (Å²) in [6.07, 6.45) is 3.54. The van der Waals surface area contributed by atoms with Gasteiger partial charge in [-0.3, -0.25) is 9.78 Å². The molecule has 1 saturated heterocycles. The lowest BCUT2D eigenvalue weighted by Gasteiger charge is -2.37. The number of piperazine rings is 1. The Bertz CT molecular complexity index is 1320. The van der Waals surface area contributed by atoms with Crippen LogP contribution in [-0.2, 0) is 0 Å². The summed E-state index contributed by atoms with van der Waals surface area (Å²) in [5.41, 5.74) is 8.22. The largest absolute Gasteiger partial charge is 0.368 e. The summed E-state index contributed by atoms with van der Waals surface area (Å²) in [7, 11) is 0. The molecule has 0 atom stereocenters. The monoisotopic (exact) mass is 436 g/mol. The van der Waals surface area contributed by atoms with E-state index in [1.807, 2.05) is 48.2 Å². The van der Waals surface area contributed by atoms with Gasteiger partial charge in [0.25, 0.3) is 5.91 Å². The third kappa shape index (κ3) is 3.95. The molecule has 5 nitrogen and oxygen atoms in total. The van der Waals surface area contributed by atoms with Crippen LogP contribution in [-0.4, -0.2) is 47.0 Å². The van der Waals surface area contributed by atoms with Gasteiger partial charge in [-0.1, -0.05) is 30.3 Å². The average molecular weight is 437 g/mol. The first-order chi connectivity index (χ1) is 16.0. The molecule has 5 heteroatoms. The van der Waals surface area contributed by atoms with E-state index in [1.54, 1.807) is 12.4 Å². The first kappa shape index (κ1) is 21.1. The van der Waals surface area contributed by atoms with Crippen LogP contribution in [0.15, 0.2) is 67.0 Å². The molecule has 1 fully saturated rings. The zero-order valence-corrected chi connectivity index (χ0v) is 19.4. The molecule has 1 aliphatic heterocycles. The summed E-state index contributed by atoms with van der Waals surface area (Å²) in [5, 5.41) is 0.907. The molecule has 2 aromatic heterocycles. The lowest BCUT2D eigenvalue weighted by atomic mass is 10.0. The van der Waals surface area contributed by atoms with Crippen molar-refractivity contribution in [1.82, 2.24) is 14.9 Å². The number of carbonyl (C=O) groups is 1. The first-order valence-electron chi connectivity index (χ1n) is 11.4. The molecular formula is C28H28N4O. The molecule has 1 amide bonds. The van der Waals surface area contributed by atoms with Crippen molar-refractivity contribution >= 4 is 22.5 Å². The summed E-state index contributed by atoms with van der Waals surface area (Å²) < 4.78 is 0. The normalized spacial score (nSPS) is 14.0. The fourth-order valence-corrected chi connectivity index (χ4v) is 4.63. The highest BCUT2D eigenvalue weighted by Crippen LogP contribution is 2.29. The summed E-state index contributed by atoms with van der Waals surface area (Å²) >= 11 is 0. The van der Waals surface area contributed by atoms with Gasteiger partial charge in [0.1, 0.15) is 0 Å². The number of benzene rings is 2. The van der Waals surface area contributed by atoms with Crippen molar-refractivity contribution < 1.29 is 4.79 Å². The smallest absolute Gasteiger partial charge is 0.254 e. The van der Waals surface area contributed by atoms with Crippen molar-refractivity contribution in [3.8, 4) is 11.3 Å². The van der Waals surface area contributed by atoms with Gasteiger partial charge in [0.15, 0.2) is 0 Å². The zero-order valence-electron chi connectivity index (χ0n) is 19.4. The molecule has 3 heterocycles. The first-order valence-corrected chi connectivity index (χ1v) is 11.4. The fraction of sp³-hybridized carbons (Fsp3) is 0.250. The maximum absolute atomic E-state index is 13.7. The topological polar surface area (TPSA) is 49.3 Å². The molecule has 166 valence electrons. The van der Waals surface area contributed by atoms with Crippen LogP contribution in [0.25, 0.3) is 22.2 Å². The van der Waals surface area contributed by atoms with Gasteiger partial charge < -0.3 is 9.80 Å². The lowest BCUT2D eigenvalue weighted by molar-refractivity contribution is 0.0748. The minimum atomic E-state index is 0.0683. The number of nitrogens with zero attached hydrogens (tertiary/aromatic N) is 4. The second-order valence-corrected chi connectivity index (χ2v) is 8.77. The van der Waals surface area contributed by atoms with Crippen molar-refractivity contribution in [3.05, 3.63) is 89.2 Å². The van der Waals surface area contributed by atoms with Crippen molar-refractivity contribution in [2.24, 2.45) is 0 Å². The van der Waals surface area contributed by atoms with E-state index in [-0.39, 0.29) is 5.91 Å². The Kier molecular flexibility index (Phi) is 5.55. The number of pyridine rings is 2. The van der Waals surface area contributed by atoms with Gasteiger partial charge in [-0.2, -0.15) is 0 Å². The Morgan fingerprint density at radius 3 is 2.39 bits per heavy atom. The number of fused-ring (bicyclic) bond motifs is 1. The van der Waals surface area contributed by atoms with Crippen molar-refractivity contribution in [1.29, 1.82) is 0 Å². The Hall–Kier alpha value is -3.73. The third-order valence-electron chi connectivity index (χ3n) is 6.71. The molecule has 4 aromatic rings. The van der Waals surface area contributed by atoms with E-state index in [1.165, 1.54) is 16.8 Å². The van der Waals surface area contributed by atoms with Gasteiger partial charge >= 0.3 is 0 Å². The predicted molar refractivity (Wildman–Crippen MR) is 134 cm³/mol. The summed E-state index contributed by atoms with van der Waals surface area (Å²) in [5.74, 6) is 0.0683. The van der Waals surface area contributed by atoms with Crippen LogP contribution in [0.2, 0.25) is 0 Å². The van der Waals surface area contributed by atoms with E-state index in [0.29, 0.717) is 18.7 Å². The summed E-state index contributed by atoms with van der Waals surface area (Å²) in [4.78, 5) is 27.2. The fourth-order valence-electron chi connectivity index (χ4n) is 4.63. The van der Waals surface area contributed by atoms with E-state index >= 15 is 0 Å². The molecule has 0 N–H and O–H groups in total. The third-order valence-corrected chi connectivity index (χ3v) is 6.71. The van der Waals surface area contributed by atoms with Crippen LogP contribution in [0.3, 0.4) is 0 Å². The van der Waals surface area contributed by atoms with Gasteiger partial charge in [0.05, 0.1) is 16.8 Å². The van der Waals surface area contributed by atoms with Crippen LogP contribution >= 0.6 is 0 Å². The highest BCUT2D eigenvalue weighted by molar-refractivity contribution is 6.07. The van der Waals surface area contributed by atoms with Gasteiger partial charge in [0.2, 0.25) is 0 Å². The number of rotatable bonds is 3. The number of aryl methyl sites for hydroxylation is 2. The minimum Gasteiger partial charge on any atom is -0.368 e. The van der Waals surface area contributed by atoms with Crippen molar-refractivity contribution in [3.63, 3.8) is 0 Å². The Balaban J connectivity index is 1.46. The number of para-hydroxylation sites is 1. The average Bonchev–Trinajstić information content (AvgIpc) is 2.86. The SMILES string of the molecule is Cc1cccc(N2CCN(C(=O)c3cc(-c4cccnc4)nc4c(C)cccc34)CC2)c1C. The Morgan fingerprint density at radius 2 is 1.64 bits per heavy atom. The Morgan fingerprint density at radius 1 is 0.879 bits per heavy atom. The number of amides is 1. The molecule has 0 radical (unpaired) electrons. The quantitative estimate of drug-likeness (QED) is 0.444. The van der Waals surface area contributed by atoms with Crippen molar-refractivity contribution in [2.75, 3.05) is 31.1 Å². The van der Waals surface area contributed by atoms with Crippen LogP contribution in [0, 0.1) is 20.8 Å². The highest BCUT2D eigenvalue weighted by atomic mass is 16.2. The van der Waals surface area contributed by atoms with Crippen LogP contribution in [0.5, 0.6) is 0 Å². The molecule has 33 heavy (non-hydrogen) atoms. The van der Waals surface area contributed by atoms with E-state index < -0.39 is 0 Å². The maximum atomic E-state index is 13.7. The van der Waals surface area contributed by atoms with E-state index in [2.05, 4.69) is 41.9 Å². The highest BCUT2D eigenvalue weighted by Gasteiger charge is 2.25. The zero-order chi connectivity index (χ0) is 22.9. The molecule has 0 aliphatic carbocycles. The number of aromatic nitrogens is 2. The maximum Gasteiger partial charge on any atom is 0.254 e. The van der Waals surface area contributed by atoms with Gasteiger partial charge in [0, 0.05) is 55.2 Å². The van der Waals surface area contributed by atoms with Crippen LogP contribution in [0.4, 0.5) is 5.69 Å². The van der Waals surface area contributed by atoms with E-state index in [0.717, 1.165) is 40.8 Å². The van der Waals surface area contributed by atoms with Crippen LogP contribution < -0.4 is 4.90 Å².